The molecule has 5 rings (SSSR count). The number of nitrogens with zero attached hydrogens (tertiary/aromatic N) is 2. The predicted octanol–water partition coefficient (Wildman–Crippen LogP) is 5.13. The molecule has 0 aliphatic carbocycles. The first-order valence-corrected chi connectivity index (χ1v) is 13.2. The van der Waals surface area contributed by atoms with Gasteiger partial charge in [-0.25, -0.2) is 8.42 Å². The molecule has 0 saturated carbocycles. The maximum absolute atomic E-state index is 14.0. The summed E-state index contributed by atoms with van der Waals surface area (Å²) in [6.45, 7) is 7.40. The highest BCUT2D eigenvalue weighted by Crippen LogP contribution is 2.40. The van der Waals surface area contributed by atoms with Gasteiger partial charge < -0.3 is 9.32 Å². The summed E-state index contributed by atoms with van der Waals surface area (Å²) in [4.78, 5) is 15.4. The van der Waals surface area contributed by atoms with Gasteiger partial charge in [-0.1, -0.05) is 31.0 Å². The normalized spacial score (nSPS) is 16.8. The van der Waals surface area contributed by atoms with E-state index in [-0.39, 0.29) is 22.1 Å². The van der Waals surface area contributed by atoms with Crippen molar-refractivity contribution in [2.45, 2.75) is 57.8 Å². The Labute approximate surface area is 195 Å². The number of para-hydroxylation sites is 1. The van der Waals surface area contributed by atoms with Crippen LogP contribution in [0.4, 0.5) is 5.69 Å². The van der Waals surface area contributed by atoms with Crippen LogP contribution in [0.2, 0.25) is 0 Å². The zero-order valence-electron chi connectivity index (χ0n) is 19.5. The van der Waals surface area contributed by atoms with Crippen molar-refractivity contribution in [3.05, 3.63) is 58.3 Å². The van der Waals surface area contributed by atoms with Gasteiger partial charge >= 0.3 is 0 Å². The van der Waals surface area contributed by atoms with Crippen molar-refractivity contribution >= 4 is 32.6 Å². The van der Waals surface area contributed by atoms with Crippen LogP contribution in [0.25, 0.3) is 11.0 Å². The number of aryl methyl sites for hydroxylation is 2. The Morgan fingerprint density at radius 1 is 0.939 bits per heavy atom. The smallest absolute Gasteiger partial charge is 0.289 e. The highest BCUT2D eigenvalue weighted by atomic mass is 32.2. The third-order valence-electron chi connectivity index (χ3n) is 7.17. The van der Waals surface area contributed by atoms with Crippen LogP contribution in [0.1, 0.15) is 58.5 Å². The number of rotatable bonds is 3. The number of sulfonamides is 1. The van der Waals surface area contributed by atoms with E-state index in [9.17, 15) is 13.2 Å². The summed E-state index contributed by atoms with van der Waals surface area (Å²) < 4.78 is 35.6. The van der Waals surface area contributed by atoms with Crippen LogP contribution >= 0.6 is 0 Å². The van der Waals surface area contributed by atoms with Gasteiger partial charge in [-0.05, 0) is 68.9 Å². The second-order valence-electron chi connectivity index (χ2n) is 9.24. The molecule has 2 aliphatic rings. The molecule has 174 valence electrons. The molecule has 0 N–H and O–H groups in total. The van der Waals surface area contributed by atoms with Crippen LogP contribution in [-0.2, 0) is 16.4 Å². The molecule has 1 saturated heterocycles. The third kappa shape index (κ3) is 3.53. The number of furan rings is 1. The number of carbonyl (C=O) groups is 1. The second-order valence-corrected chi connectivity index (χ2v) is 11.0. The monoisotopic (exact) mass is 466 g/mol. The Morgan fingerprint density at radius 2 is 1.64 bits per heavy atom. The summed E-state index contributed by atoms with van der Waals surface area (Å²) in [6, 6.07) is 9.56. The van der Waals surface area contributed by atoms with E-state index in [4.69, 9.17) is 4.42 Å². The molecule has 2 aliphatic heterocycles. The van der Waals surface area contributed by atoms with Crippen LogP contribution in [0.3, 0.4) is 0 Å². The van der Waals surface area contributed by atoms with E-state index in [1.165, 1.54) is 4.31 Å². The minimum absolute atomic E-state index is 0.143. The summed E-state index contributed by atoms with van der Waals surface area (Å²) in [5.74, 6) is 0.117. The quantitative estimate of drug-likeness (QED) is 0.537. The maximum Gasteiger partial charge on any atom is 0.289 e. The van der Waals surface area contributed by atoms with E-state index in [2.05, 4.69) is 0 Å². The number of fused-ring (bicyclic) bond motifs is 2. The highest BCUT2D eigenvalue weighted by molar-refractivity contribution is 7.93. The molecule has 6 nitrogen and oxygen atoms in total. The topological polar surface area (TPSA) is 70.8 Å². The van der Waals surface area contributed by atoms with E-state index >= 15 is 0 Å². The average molecular weight is 467 g/mol. The molecule has 0 unspecified atom stereocenters. The standard InChI is InChI=1S/C26H30N2O4S/c1-17-16-21-19(3)23(26(29)27-13-8-4-5-9-14-27)32-24(21)25(18(17)2)33(30,31)28-15-12-20-10-6-7-11-22(20)28/h6-7,10-11,16H,4-5,8-9,12-15H2,1-3H3. The number of hydrogen-bond donors (Lipinski definition) is 0. The maximum atomic E-state index is 14.0. The fourth-order valence-corrected chi connectivity index (χ4v) is 7.07. The highest BCUT2D eigenvalue weighted by Gasteiger charge is 2.36. The molecule has 0 atom stereocenters. The van der Waals surface area contributed by atoms with Crippen LogP contribution in [0.5, 0.6) is 0 Å². The zero-order chi connectivity index (χ0) is 23.3. The number of anilines is 1. The van der Waals surface area contributed by atoms with Gasteiger partial charge in [0.1, 0.15) is 4.90 Å². The molecular formula is C26H30N2O4S. The molecule has 3 heterocycles. The number of carbonyl (C=O) groups excluding carboxylic acids is 1. The lowest BCUT2D eigenvalue weighted by Crippen LogP contribution is -2.32. The van der Waals surface area contributed by atoms with Gasteiger partial charge in [-0.3, -0.25) is 9.10 Å². The minimum Gasteiger partial charge on any atom is -0.449 e. The minimum atomic E-state index is -3.88. The molecule has 1 fully saturated rings. The molecule has 2 aromatic carbocycles. The summed E-state index contributed by atoms with van der Waals surface area (Å²) in [7, 11) is -3.88. The molecule has 3 aromatic rings. The first-order chi connectivity index (χ1) is 15.8. The van der Waals surface area contributed by atoms with Gasteiger partial charge in [0.25, 0.3) is 15.9 Å². The van der Waals surface area contributed by atoms with Gasteiger partial charge in [0, 0.05) is 30.6 Å². The molecule has 1 amide bonds. The molecule has 1 aromatic heterocycles. The summed E-state index contributed by atoms with van der Waals surface area (Å²) in [5, 5.41) is 0.697. The van der Waals surface area contributed by atoms with Gasteiger partial charge in [-0.2, -0.15) is 0 Å². The summed E-state index contributed by atoms with van der Waals surface area (Å²) in [6.07, 6.45) is 4.90. The summed E-state index contributed by atoms with van der Waals surface area (Å²) in [5.41, 5.74) is 4.27. The van der Waals surface area contributed by atoms with Crippen LogP contribution < -0.4 is 4.31 Å². The largest absolute Gasteiger partial charge is 0.449 e. The SMILES string of the molecule is Cc1cc2c(C)c(C(=O)N3CCCCCC3)oc2c(S(=O)(=O)N2CCc3ccccc32)c1C. The van der Waals surface area contributed by atoms with E-state index < -0.39 is 10.0 Å². The van der Waals surface area contributed by atoms with E-state index in [1.807, 2.05) is 56.0 Å². The van der Waals surface area contributed by atoms with E-state index in [1.54, 1.807) is 0 Å². The Bertz CT molecular complexity index is 1350. The number of hydrogen-bond acceptors (Lipinski definition) is 4. The Morgan fingerprint density at radius 3 is 2.36 bits per heavy atom. The fourth-order valence-electron chi connectivity index (χ4n) is 5.14. The lowest BCUT2D eigenvalue weighted by molar-refractivity contribution is 0.0731. The molecule has 0 bridgehead atoms. The fraction of sp³-hybridized carbons (Fsp3) is 0.423. The third-order valence-corrected chi connectivity index (χ3v) is 9.14. The van der Waals surface area contributed by atoms with Crippen LogP contribution in [0.15, 0.2) is 39.6 Å². The predicted molar refractivity (Wildman–Crippen MR) is 129 cm³/mol. The lowest BCUT2D eigenvalue weighted by Gasteiger charge is -2.21. The molecule has 0 radical (unpaired) electrons. The Balaban J connectivity index is 1.66. The van der Waals surface area contributed by atoms with Gasteiger partial charge in [0.15, 0.2) is 11.3 Å². The van der Waals surface area contributed by atoms with Crippen molar-refractivity contribution in [3.8, 4) is 0 Å². The number of amides is 1. The van der Waals surface area contributed by atoms with E-state index in [0.717, 1.165) is 42.5 Å². The van der Waals surface area contributed by atoms with Crippen LogP contribution in [-0.4, -0.2) is 38.9 Å². The average Bonchev–Trinajstić information content (AvgIpc) is 3.24. The van der Waals surface area contributed by atoms with Gasteiger partial charge in [0.05, 0.1) is 5.69 Å². The first kappa shape index (κ1) is 22.0. The number of benzene rings is 2. The zero-order valence-corrected chi connectivity index (χ0v) is 20.3. The van der Waals surface area contributed by atoms with Crippen molar-refractivity contribution < 1.29 is 17.6 Å². The van der Waals surface area contributed by atoms with Crippen LogP contribution in [0, 0.1) is 20.8 Å². The van der Waals surface area contributed by atoms with Crippen molar-refractivity contribution in [3.63, 3.8) is 0 Å². The van der Waals surface area contributed by atoms with Crippen molar-refractivity contribution in [1.29, 1.82) is 0 Å². The summed E-state index contributed by atoms with van der Waals surface area (Å²) >= 11 is 0. The van der Waals surface area contributed by atoms with Crippen molar-refractivity contribution in [2.24, 2.45) is 0 Å². The lowest BCUT2D eigenvalue weighted by atomic mass is 10.0. The van der Waals surface area contributed by atoms with Gasteiger partial charge in [-0.15, -0.1) is 0 Å². The second kappa shape index (κ2) is 8.20. The Kier molecular flexibility index (Phi) is 5.47. The van der Waals surface area contributed by atoms with Crippen molar-refractivity contribution in [2.75, 3.05) is 23.9 Å². The van der Waals surface area contributed by atoms with Crippen molar-refractivity contribution in [1.82, 2.24) is 4.90 Å². The van der Waals surface area contributed by atoms with E-state index in [0.29, 0.717) is 42.6 Å². The molecule has 0 spiro atoms. The van der Waals surface area contributed by atoms with Gasteiger partial charge in [0.2, 0.25) is 0 Å². The molecule has 7 heteroatoms. The number of likely N-dealkylation sites (tertiary alicyclic amines) is 1. The molecular weight excluding hydrogens is 436 g/mol. The Hall–Kier alpha value is -2.80. The molecule has 33 heavy (non-hydrogen) atoms. The first-order valence-electron chi connectivity index (χ1n) is 11.7.